The predicted octanol–water partition coefficient (Wildman–Crippen LogP) is 2.04. The zero-order chi connectivity index (χ0) is 22.3. The van der Waals surface area contributed by atoms with Crippen LogP contribution in [0.1, 0.15) is 68.2 Å². The molecule has 1 N–H and O–H groups in total. The number of piperazine rings is 2. The van der Waals surface area contributed by atoms with E-state index >= 15 is 0 Å². The molecule has 8 heteroatoms. The van der Waals surface area contributed by atoms with Gasteiger partial charge in [-0.05, 0) is 19.3 Å². The van der Waals surface area contributed by atoms with Gasteiger partial charge >= 0.3 is 0 Å². The van der Waals surface area contributed by atoms with E-state index in [0.717, 1.165) is 84.2 Å². The Morgan fingerprint density at radius 3 is 2.47 bits per heavy atom. The summed E-state index contributed by atoms with van der Waals surface area (Å²) in [6, 6.07) is 0.728. The van der Waals surface area contributed by atoms with E-state index in [1.807, 2.05) is 4.90 Å². The van der Waals surface area contributed by atoms with Gasteiger partial charge in [0, 0.05) is 64.9 Å². The number of aromatic nitrogens is 1. The number of oxazole rings is 1. The SMILES string of the molecule is CCCC[C@@H](O)CN1CCN(Cc2nc(C(=O)N3CCN(C4CCCC4)CC3)co2)CC1. The molecule has 3 fully saturated rings. The lowest BCUT2D eigenvalue weighted by atomic mass is 10.1. The van der Waals surface area contributed by atoms with Crippen molar-refractivity contribution in [2.75, 3.05) is 58.9 Å². The third-order valence-corrected chi connectivity index (χ3v) is 7.40. The summed E-state index contributed by atoms with van der Waals surface area (Å²) in [5.41, 5.74) is 0.437. The lowest BCUT2D eigenvalue weighted by Gasteiger charge is -2.37. The summed E-state index contributed by atoms with van der Waals surface area (Å²) in [6.07, 6.45) is 9.73. The highest BCUT2D eigenvalue weighted by molar-refractivity contribution is 5.92. The van der Waals surface area contributed by atoms with Crippen LogP contribution in [0, 0.1) is 0 Å². The van der Waals surface area contributed by atoms with Gasteiger partial charge in [-0.3, -0.25) is 19.5 Å². The molecule has 1 atom stereocenters. The van der Waals surface area contributed by atoms with Gasteiger partial charge in [0.25, 0.3) is 5.91 Å². The van der Waals surface area contributed by atoms with Gasteiger partial charge in [0.05, 0.1) is 12.6 Å². The van der Waals surface area contributed by atoms with Crippen molar-refractivity contribution in [2.45, 2.75) is 70.6 Å². The fraction of sp³-hybridized carbons (Fsp3) is 0.833. The number of unbranched alkanes of at least 4 members (excludes halogenated alkanes) is 1. The molecular formula is C24H41N5O3. The Bertz CT molecular complexity index is 704. The van der Waals surface area contributed by atoms with Gasteiger partial charge in [-0.2, -0.15) is 0 Å². The maximum atomic E-state index is 12.9. The van der Waals surface area contributed by atoms with Crippen molar-refractivity contribution in [1.82, 2.24) is 24.6 Å². The first-order valence-electron chi connectivity index (χ1n) is 12.7. The molecule has 0 aromatic carbocycles. The smallest absolute Gasteiger partial charge is 0.275 e. The summed E-state index contributed by atoms with van der Waals surface area (Å²) in [6.45, 7) is 10.8. The Morgan fingerprint density at radius 2 is 1.78 bits per heavy atom. The largest absolute Gasteiger partial charge is 0.447 e. The van der Waals surface area contributed by atoms with Crippen molar-refractivity contribution in [3.05, 3.63) is 17.8 Å². The van der Waals surface area contributed by atoms with Crippen molar-refractivity contribution in [2.24, 2.45) is 0 Å². The summed E-state index contributed by atoms with van der Waals surface area (Å²) >= 11 is 0. The minimum absolute atomic E-state index is 0.00282. The van der Waals surface area contributed by atoms with Gasteiger partial charge in [0.15, 0.2) is 5.69 Å². The molecule has 32 heavy (non-hydrogen) atoms. The Hall–Kier alpha value is -1.48. The molecule has 1 aliphatic carbocycles. The van der Waals surface area contributed by atoms with Crippen molar-refractivity contribution in [1.29, 1.82) is 0 Å². The number of β-amino-alcohol motifs (C(OH)–C–C–N with tert-alkyl or cyclic N) is 1. The monoisotopic (exact) mass is 447 g/mol. The summed E-state index contributed by atoms with van der Waals surface area (Å²) in [5.74, 6) is 0.617. The van der Waals surface area contributed by atoms with Crippen LogP contribution in [-0.4, -0.2) is 107 Å². The maximum absolute atomic E-state index is 12.9. The molecule has 4 rings (SSSR count). The van der Waals surface area contributed by atoms with Crippen LogP contribution in [0.15, 0.2) is 10.7 Å². The van der Waals surface area contributed by atoms with E-state index in [2.05, 4.69) is 26.6 Å². The second-order valence-corrected chi connectivity index (χ2v) is 9.77. The molecule has 3 aliphatic rings. The standard InChI is InChI=1S/C24H41N5O3/c1-2-3-8-21(30)17-26-9-11-27(12-10-26)18-23-25-22(19-32-23)24(31)29-15-13-28(14-16-29)20-6-4-5-7-20/h19-21,30H,2-18H2,1H3/t21-/m1/s1. The van der Waals surface area contributed by atoms with E-state index in [9.17, 15) is 9.90 Å². The van der Waals surface area contributed by atoms with Crippen LogP contribution in [0.25, 0.3) is 0 Å². The first-order valence-corrected chi connectivity index (χ1v) is 12.7. The van der Waals surface area contributed by atoms with Gasteiger partial charge in [0.1, 0.15) is 6.26 Å². The minimum atomic E-state index is -0.221. The topological polar surface area (TPSA) is 76.3 Å². The molecule has 1 aromatic heterocycles. The van der Waals surface area contributed by atoms with Gasteiger partial charge in [0.2, 0.25) is 5.89 Å². The molecule has 3 heterocycles. The zero-order valence-corrected chi connectivity index (χ0v) is 19.8. The number of hydrogen-bond donors (Lipinski definition) is 1. The second kappa shape index (κ2) is 11.6. The number of aliphatic hydroxyl groups excluding tert-OH is 1. The van der Waals surface area contributed by atoms with E-state index in [4.69, 9.17) is 4.42 Å². The number of amides is 1. The lowest BCUT2D eigenvalue weighted by molar-refractivity contribution is 0.0567. The van der Waals surface area contributed by atoms with Gasteiger partial charge in [-0.1, -0.05) is 32.6 Å². The zero-order valence-electron chi connectivity index (χ0n) is 19.8. The number of hydrogen-bond acceptors (Lipinski definition) is 7. The molecule has 1 aromatic rings. The Balaban J connectivity index is 1.19. The highest BCUT2D eigenvalue weighted by Crippen LogP contribution is 2.24. The van der Waals surface area contributed by atoms with Crippen LogP contribution in [0.3, 0.4) is 0 Å². The fourth-order valence-corrected chi connectivity index (χ4v) is 5.35. The first kappa shape index (κ1) is 23.7. The average Bonchev–Trinajstić information content (AvgIpc) is 3.51. The summed E-state index contributed by atoms with van der Waals surface area (Å²) in [5, 5.41) is 10.1. The number of carbonyl (C=O) groups is 1. The molecule has 0 unspecified atom stereocenters. The molecule has 2 saturated heterocycles. The molecule has 180 valence electrons. The number of nitrogens with zero attached hydrogens (tertiary/aromatic N) is 5. The van der Waals surface area contributed by atoms with E-state index in [-0.39, 0.29) is 12.0 Å². The summed E-state index contributed by atoms with van der Waals surface area (Å²) < 4.78 is 5.65. The van der Waals surface area contributed by atoms with Crippen molar-refractivity contribution in [3.8, 4) is 0 Å². The molecule has 1 amide bonds. The molecule has 1 saturated carbocycles. The Kier molecular flexibility index (Phi) is 8.57. The first-order chi connectivity index (χ1) is 15.6. The molecular weight excluding hydrogens is 406 g/mol. The highest BCUT2D eigenvalue weighted by atomic mass is 16.3. The second-order valence-electron chi connectivity index (χ2n) is 9.77. The predicted molar refractivity (Wildman–Crippen MR) is 123 cm³/mol. The lowest BCUT2D eigenvalue weighted by Crippen LogP contribution is -2.51. The summed E-state index contributed by atoms with van der Waals surface area (Å²) in [7, 11) is 0. The highest BCUT2D eigenvalue weighted by Gasteiger charge is 2.29. The molecule has 0 radical (unpaired) electrons. The number of carbonyl (C=O) groups excluding carboxylic acids is 1. The Morgan fingerprint density at radius 1 is 1.09 bits per heavy atom. The van der Waals surface area contributed by atoms with Gasteiger partial charge < -0.3 is 14.4 Å². The molecule has 8 nitrogen and oxygen atoms in total. The average molecular weight is 448 g/mol. The molecule has 0 spiro atoms. The van der Waals surface area contributed by atoms with Gasteiger partial charge in [-0.15, -0.1) is 0 Å². The number of rotatable bonds is 9. The van der Waals surface area contributed by atoms with Crippen molar-refractivity contribution < 1.29 is 14.3 Å². The Labute approximate surface area is 192 Å². The van der Waals surface area contributed by atoms with E-state index in [0.29, 0.717) is 18.1 Å². The van der Waals surface area contributed by atoms with Crippen LogP contribution < -0.4 is 0 Å². The number of aliphatic hydroxyl groups is 1. The third-order valence-electron chi connectivity index (χ3n) is 7.40. The van der Waals surface area contributed by atoms with Crippen molar-refractivity contribution >= 4 is 5.91 Å². The summed E-state index contributed by atoms with van der Waals surface area (Å²) in [4.78, 5) is 26.5. The fourth-order valence-electron chi connectivity index (χ4n) is 5.35. The van der Waals surface area contributed by atoms with E-state index in [1.54, 1.807) is 0 Å². The van der Waals surface area contributed by atoms with Crippen LogP contribution in [0.4, 0.5) is 0 Å². The quantitative estimate of drug-likeness (QED) is 0.621. The molecule has 0 bridgehead atoms. The normalized spacial score (nSPS) is 23.1. The maximum Gasteiger partial charge on any atom is 0.275 e. The molecule has 2 aliphatic heterocycles. The van der Waals surface area contributed by atoms with Crippen molar-refractivity contribution in [3.63, 3.8) is 0 Å². The minimum Gasteiger partial charge on any atom is -0.447 e. The van der Waals surface area contributed by atoms with Crippen LogP contribution in [0.5, 0.6) is 0 Å². The van der Waals surface area contributed by atoms with E-state index in [1.165, 1.54) is 31.9 Å². The van der Waals surface area contributed by atoms with Crippen LogP contribution >= 0.6 is 0 Å². The van der Waals surface area contributed by atoms with E-state index < -0.39 is 0 Å². The van der Waals surface area contributed by atoms with Crippen LogP contribution in [-0.2, 0) is 6.54 Å². The van der Waals surface area contributed by atoms with Gasteiger partial charge in [-0.25, -0.2) is 4.98 Å². The third kappa shape index (κ3) is 6.31. The van der Waals surface area contributed by atoms with Crippen LogP contribution in [0.2, 0.25) is 0 Å².